The maximum atomic E-state index is 11.9. The Morgan fingerprint density at radius 2 is 1.64 bits per heavy atom. The van der Waals surface area contributed by atoms with E-state index < -0.39 is 0 Å². The minimum Gasteiger partial charge on any atom is -0.354 e. The van der Waals surface area contributed by atoms with Crippen molar-refractivity contribution >= 4 is 5.91 Å². The van der Waals surface area contributed by atoms with Crippen molar-refractivity contribution in [2.45, 2.75) is 84.1 Å². The van der Waals surface area contributed by atoms with Crippen LogP contribution in [-0.4, -0.2) is 11.9 Å². The Kier molecular flexibility index (Phi) is 10.4. The van der Waals surface area contributed by atoms with E-state index in [1.807, 2.05) is 6.07 Å². The van der Waals surface area contributed by atoms with Crippen LogP contribution in [-0.2, 0) is 11.2 Å². The van der Waals surface area contributed by atoms with Crippen molar-refractivity contribution in [1.82, 2.24) is 5.32 Å². The second-order valence-electron chi connectivity index (χ2n) is 6.36. The fourth-order valence-corrected chi connectivity index (χ4v) is 2.69. The van der Waals surface area contributed by atoms with Crippen LogP contribution in [0.3, 0.4) is 0 Å². The Morgan fingerprint density at radius 3 is 2.32 bits per heavy atom. The van der Waals surface area contributed by atoms with Crippen LogP contribution in [0.25, 0.3) is 0 Å². The predicted molar refractivity (Wildman–Crippen MR) is 95.0 cm³/mol. The van der Waals surface area contributed by atoms with Crippen molar-refractivity contribution in [3.05, 3.63) is 35.9 Å². The van der Waals surface area contributed by atoms with Crippen molar-refractivity contribution < 1.29 is 4.79 Å². The Bertz CT molecular complexity index is 388. The van der Waals surface area contributed by atoms with Crippen LogP contribution in [0.15, 0.2) is 30.3 Å². The quantitative estimate of drug-likeness (QED) is 0.524. The van der Waals surface area contributed by atoms with Gasteiger partial charge in [-0.15, -0.1) is 0 Å². The van der Waals surface area contributed by atoms with E-state index in [1.165, 1.54) is 44.1 Å². The van der Waals surface area contributed by atoms with Gasteiger partial charge in [0.2, 0.25) is 5.91 Å². The van der Waals surface area contributed by atoms with Gasteiger partial charge >= 0.3 is 0 Å². The summed E-state index contributed by atoms with van der Waals surface area (Å²) in [4.78, 5) is 11.9. The molecule has 1 atom stereocenters. The molecule has 1 aromatic carbocycles. The monoisotopic (exact) mass is 303 g/mol. The van der Waals surface area contributed by atoms with Gasteiger partial charge in [-0.05, 0) is 31.7 Å². The van der Waals surface area contributed by atoms with Gasteiger partial charge < -0.3 is 5.32 Å². The number of nitrogens with one attached hydrogen (secondary N) is 1. The first-order chi connectivity index (χ1) is 10.7. The molecule has 0 aliphatic rings. The lowest BCUT2D eigenvalue weighted by molar-refractivity contribution is -0.121. The van der Waals surface area contributed by atoms with Gasteiger partial charge in [0.05, 0.1) is 0 Å². The highest BCUT2D eigenvalue weighted by atomic mass is 16.1. The maximum absolute atomic E-state index is 11.9. The van der Waals surface area contributed by atoms with Crippen LogP contribution in [0.5, 0.6) is 0 Å². The lowest BCUT2D eigenvalue weighted by Crippen LogP contribution is -2.32. The number of hydrogen-bond acceptors (Lipinski definition) is 1. The minimum absolute atomic E-state index is 0.217. The second kappa shape index (κ2) is 12.3. The van der Waals surface area contributed by atoms with E-state index in [0.29, 0.717) is 6.42 Å². The molecular formula is C20H33NO. The van der Waals surface area contributed by atoms with Gasteiger partial charge in [-0.25, -0.2) is 0 Å². The smallest absolute Gasteiger partial charge is 0.220 e. The molecule has 2 nitrogen and oxygen atoms in total. The summed E-state index contributed by atoms with van der Waals surface area (Å²) in [6.07, 6.45) is 11.5. The summed E-state index contributed by atoms with van der Waals surface area (Å²) >= 11 is 0. The topological polar surface area (TPSA) is 29.1 Å². The van der Waals surface area contributed by atoms with Crippen LogP contribution >= 0.6 is 0 Å². The van der Waals surface area contributed by atoms with E-state index >= 15 is 0 Å². The molecule has 0 spiro atoms. The third kappa shape index (κ3) is 9.59. The molecule has 0 aromatic heterocycles. The van der Waals surface area contributed by atoms with Gasteiger partial charge in [-0.2, -0.15) is 0 Å². The predicted octanol–water partition coefficient (Wildman–Crippen LogP) is 5.26. The largest absolute Gasteiger partial charge is 0.354 e. The molecule has 0 radical (unpaired) electrons. The van der Waals surface area contributed by atoms with Crippen molar-refractivity contribution in [3.63, 3.8) is 0 Å². The zero-order chi connectivity index (χ0) is 16.0. The molecule has 0 saturated heterocycles. The molecule has 0 aliphatic carbocycles. The molecule has 1 N–H and O–H groups in total. The first-order valence-electron chi connectivity index (χ1n) is 9.05. The number of carbonyl (C=O) groups excluding carboxylic acids is 1. The number of benzene rings is 1. The standard InChI is InChI=1S/C20H33NO/c1-3-4-5-6-7-8-12-15-20(22)21-18(2)16-17-19-13-10-9-11-14-19/h9-11,13-14,18H,3-8,12,15-17H2,1-2H3,(H,21,22). The highest BCUT2D eigenvalue weighted by Gasteiger charge is 2.07. The van der Waals surface area contributed by atoms with Crippen molar-refractivity contribution in [2.75, 3.05) is 0 Å². The minimum atomic E-state index is 0.217. The Morgan fingerprint density at radius 1 is 1.00 bits per heavy atom. The molecule has 1 amide bonds. The van der Waals surface area contributed by atoms with E-state index in [1.54, 1.807) is 0 Å². The molecule has 124 valence electrons. The van der Waals surface area contributed by atoms with Crippen LogP contribution in [0, 0.1) is 0 Å². The third-order valence-electron chi connectivity index (χ3n) is 4.12. The van der Waals surface area contributed by atoms with Crippen LogP contribution in [0.2, 0.25) is 0 Å². The third-order valence-corrected chi connectivity index (χ3v) is 4.12. The molecule has 1 unspecified atom stereocenters. The first kappa shape index (κ1) is 18.7. The summed E-state index contributed by atoms with van der Waals surface area (Å²) in [6.45, 7) is 4.34. The number of unbranched alkanes of at least 4 members (excludes halogenated alkanes) is 6. The summed E-state index contributed by atoms with van der Waals surface area (Å²) in [7, 11) is 0. The van der Waals surface area contributed by atoms with E-state index in [9.17, 15) is 4.79 Å². The SMILES string of the molecule is CCCCCCCCCC(=O)NC(C)CCc1ccccc1. The van der Waals surface area contributed by atoms with Gasteiger partial charge in [0.25, 0.3) is 0 Å². The molecule has 1 aromatic rings. The summed E-state index contributed by atoms with van der Waals surface area (Å²) in [5.74, 6) is 0.217. The molecule has 0 heterocycles. The Hall–Kier alpha value is -1.31. The fourth-order valence-electron chi connectivity index (χ4n) is 2.69. The van der Waals surface area contributed by atoms with Crippen molar-refractivity contribution in [1.29, 1.82) is 0 Å². The highest BCUT2D eigenvalue weighted by Crippen LogP contribution is 2.09. The molecule has 0 aliphatic heterocycles. The normalized spacial score (nSPS) is 12.1. The number of amides is 1. The number of aryl methyl sites for hydroxylation is 1. The maximum Gasteiger partial charge on any atom is 0.220 e. The molecule has 0 saturated carbocycles. The Balaban J connectivity index is 2.01. The summed E-state index contributed by atoms with van der Waals surface area (Å²) in [5.41, 5.74) is 1.34. The number of carbonyl (C=O) groups is 1. The van der Waals surface area contributed by atoms with Gasteiger partial charge in [0.1, 0.15) is 0 Å². The average molecular weight is 303 g/mol. The average Bonchev–Trinajstić information content (AvgIpc) is 2.53. The summed E-state index contributed by atoms with van der Waals surface area (Å²) < 4.78 is 0. The first-order valence-corrected chi connectivity index (χ1v) is 9.05. The van der Waals surface area contributed by atoms with E-state index in [-0.39, 0.29) is 11.9 Å². The molecule has 22 heavy (non-hydrogen) atoms. The van der Waals surface area contributed by atoms with E-state index in [2.05, 4.69) is 43.4 Å². The van der Waals surface area contributed by atoms with Crippen LogP contribution in [0.4, 0.5) is 0 Å². The summed E-state index contributed by atoms with van der Waals surface area (Å²) in [5, 5.41) is 3.12. The molecule has 2 heteroatoms. The molecular weight excluding hydrogens is 270 g/mol. The molecule has 1 rings (SSSR count). The lowest BCUT2D eigenvalue weighted by atomic mass is 10.1. The van der Waals surface area contributed by atoms with Gasteiger partial charge in [-0.1, -0.05) is 75.8 Å². The Labute approximate surface area is 136 Å². The second-order valence-corrected chi connectivity index (χ2v) is 6.36. The van der Waals surface area contributed by atoms with Crippen LogP contribution < -0.4 is 5.32 Å². The molecule has 0 bridgehead atoms. The lowest BCUT2D eigenvalue weighted by Gasteiger charge is -2.14. The van der Waals surface area contributed by atoms with Gasteiger partial charge in [0, 0.05) is 12.5 Å². The fraction of sp³-hybridized carbons (Fsp3) is 0.650. The number of hydrogen-bond donors (Lipinski definition) is 1. The van der Waals surface area contributed by atoms with Crippen LogP contribution in [0.1, 0.15) is 77.2 Å². The zero-order valence-corrected chi connectivity index (χ0v) is 14.4. The number of rotatable bonds is 12. The van der Waals surface area contributed by atoms with Gasteiger partial charge in [-0.3, -0.25) is 4.79 Å². The van der Waals surface area contributed by atoms with Crippen molar-refractivity contribution in [3.8, 4) is 0 Å². The highest BCUT2D eigenvalue weighted by molar-refractivity contribution is 5.76. The van der Waals surface area contributed by atoms with Gasteiger partial charge in [0.15, 0.2) is 0 Å². The summed E-state index contributed by atoms with van der Waals surface area (Å²) in [6, 6.07) is 10.7. The zero-order valence-electron chi connectivity index (χ0n) is 14.4. The van der Waals surface area contributed by atoms with E-state index in [0.717, 1.165) is 19.3 Å². The molecule has 0 fully saturated rings. The van der Waals surface area contributed by atoms with E-state index in [4.69, 9.17) is 0 Å². The van der Waals surface area contributed by atoms with Crippen molar-refractivity contribution in [2.24, 2.45) is 0 Å².